The molecule has 1 atom stereocenters. The van der Waals surface area contributed by atoms with Gasteiger partial charge in [0.15, 0.2) is 0 Å². The minimum absolute atomic E-state index is 0.0226. The van der Waals surface area contributed by atoms with Crippen molar-refractivity contribution in [3.63, 3.8) is 0 Å². The predicted molar refractivity (Wildman–Crippen MR) is 65.1 cm³/mol. The van der Waals surface area contributed by atoms with E-state index in [4.69, 9.17) is 11.0 Å². The summed E-state index contributed by atoms with van der Waals surface area (Å²) >= 11 is 0. The number of nitrogens with two attached hydrogens (primary N) is 1. The van der Waals surface area contributed by atoms with Crippen LogP contribution in [0.4, 0.5) is 14.5 Å². The van der Waals surface area contributed by atoms with Gasteiger partial charge in [-0.15, -0.1) is 0 Å². The Morgan fingerprint density at radius 1 is 1.28 bits per heavy atom. The highest BCUT2D eigenvalue weighted by Crippen LogP contribution is 2.25. The molecule has 18 heavy (non-hydrogen) atoms. The first-order valence-corrected chi connectivity index (χ1v) is 6.01. The lowest BCUT2D eigenvalue weighted by atomic mass is 10.1. The molecule has 0 radical (unpaired) electrons. The largest absolute Gasteiger partial charge is 0.368 e. The summed E-state index contributed by atoms with van der Waals surface area (Å²) in [6, 6.07) is 3.64. The molecular formula is C13H15F2N3. The van der Waals surface area contributed by atoms with Crippen LogP contribution in [0.15, 0.2) is 12.1 Å². The second-order valence-corrected chi connectivity index (χ2v) is 4.60. The highest BCUT2D eigenvalue weighted by atomic mass is 19.1. The van der Waals surface area contributed by atoms with Crippen LogP contribution in [0, 0.1) is 23.0 Å². The van der Waals surface area contributed by atoms with Gasteiger partial charge in [-0.3, -0.25) is 0 Å². The van der Waals surface area contributed by atoms with Crippen LogP contribution in [0.25, 0.3) is 0 Å². The Balaban J connectivity index is 2.32. The number of nitrogens with zero attached hydrogens (tertiary/aromatic N) is 2. The lowest BCUT2D eigenvalue weighted by Gasteiger charge is -2.25. The molecule has 1 fully saturated rings. The summed E-state index contributed by atoms with van der Waals surface area (Å²) < 4.78 is 27.4. The van der Waals surface area contributed by atoms with Crippen LogP contribution in [0.3, 0.4) is 0 Å². The van der Waals surface area contributed by atoms with Gasteiger partial charge in [0.25, 0.3) is 0 Å². The molecule has 0 saturated carbocycles. The molecule has 1 heterocycles. The van der Waals surface area contributed by atoms with E-state index in [1.807, 2.05) is 0 Å². The van der Waals surface area contributed by atoms with Gasteiger partial charge in [0.2, 0.25) is 0 Å². The van der Waals surface area contributed by atoms with Gasteiger partial charge in [-0.05, 0) is 18.9 Å². The number of hydrogen-bond acceptors (Lipinski definition) is 3. The first kappa shape index (κ1) is 12.8. The monoisotopic (exact) mass is 251 g/mol. The molecule has 1 aromatic carbocycles. The second kappa shape index (κ2) is 5.32. The molecule has 0 aromatic heterocycles. The van der Waals surface area contributed by atoms with Crippen LogP contribution in [-0.4, -0.2) is 19.1 Å². The van der Waals surface area contributed by atoms with Gasteiger partial charge >= 0.3 is 0 Å². The van der Waals surface area contributed by atoms with Crippen molar-refractivity contribution in [1.82, 2.24) is 0 Å². The molecule has 5 heteroatoms. The SMILES string of the molecule is N#Cc1cc(F)c(N2CCCCC(N)C2)cc1F. The number of nitriles is 1. The van der Waals surface area contributed by atoms with Crippen molar-refractivity contribution < 1.29 is 8.78 Å². The van der Waals surface area contributed by atoms with Gasteiger partial charge in [-0.1, -0.05) is 6.42 Å². The summed E-state index contributed by atoms with van der Waals surface area (Å²) in [6.45, 7) is 1.18. The van der Waals surface area contributed by atoms with Crippen LogP contribution in [0.2, 0.25) is 0 Å². The van der Waals surface area contributed by atoms with E-state index in [1.54, 1.807) is 11.0 Å². The Kier molecular flexibility index (Phi) is 3.78. The number of halogens is 2. The summed E-state index contributed by atoms with van der Waals surface area (Å²) in [7, 11) is 0. The van der Waals surface area contributed by atoms with Crippen molar-refractivity contribution in [2.45, 2.75) is 25.3 Å². The standard InChI is InChI=1S/C13H15F2N3/c14-11-6-13(12(15)5-9(11)7-16)18-4-2-1-3-10(17)8-18/h5-6,10H,1-4,8,17H2. The molecule has 0 amide bonds. The maximum Gasteiger partial charge on any atom is 0.148 e. The lowest BCUT2D eigenvalue weighted by Crippen LogP contribution is -2.36. The van der Waals surface area contributed by atoms with Crippen LogP contribution in [-0.2, 0) is 0 Å². The van der Waals surface area contributed by atoms with Crippen molar-refractivity contribution in [3.05, 3.63) is 29.3 Å². The first-order valence-electron chi connectivity index (χ1n) is 6.01. The molecule has 0 bridgehead atoms. The van der Waals surface area contributed by atoms with Crippen LogP contribution in [0.5, 0.6) is 0 Å². The molecule has 1 saturated heterocycles. The van der Waals surface area contributed by atoms with Crippen LogP contribution >= 0.6 is 0 Å². The van der Waals surface area contributed by atoms with Crippen molar-refractivity contribution in [2.24, 2.45) is 5.73 Å². The summed E-state index contributed by atoms with van der Waals surface area (Å²) in [5, 5.41) is 8.64. The normalized spacial score (nSPS) is 20.3. The average Bonchev–Trinajstić information content (AvgIpc) is 2.56. The minimum Gasteiger partial charge on any atom is -0.368 e. The predicted octanol–water partition coefficient (Wildman–Crippen LogP) is 2.15. The molecule has 1 unspecified atom stereocenters. The second-order valence-electron chi connectivity index (χ2n) is 4.60. The maximum absolute atomic E-state index is 13.9. The fourth-order valence-electron chi connectivity index (χ4n) is 2.26. The van der Waals surface area contributed by atoms with E-state index in [9.17, 15) is 8.78 Å². The smallest absolute Gasteiger partial charge is 0.148 e. The third-order valence-electron chi connectivity index (χ3n) is 3.21. The quantitative estimate of drug-likeness (QED) is 0.832. The Morgan fingerprint density at radius 3 is 2.78 bits per heavy atom. The average molecular weight is 251 g/mol. The molecule has 3 nitrogen and oxygen atoms in total. The van der Waals surface area contributed by atoms with E-state index in [0.717, 1.165) is 31.4 Å². The minimum atomic E-state index is -0.688. The van der Waals surface area contributed by atoms with Crippen molar-refractivity contribution in [3.8, 4) is 6.07 Å². The molecule has 2 rings (SSSR count). The van der Waals surface area contributed by atoms with E-state index in [2.05, 4.69) is 0 Å². The zero-order valence-corrected chi connectivity index (χ0v) is 10.00. The summed E-state index contributed by atoms with van der Waals surface area (Å²) in [4.78, 5) is 1.76. The van der Waals surface area contributed by atoms with Gasteiger partial charge in [-0.2, -0.15) is 5.26 Å². The number of rotatable bonds is 1. The number of benzene rings is 1. The van der Waals surface area contributed by atoms with Crippen molar-refractivity contribution in [2.75, 3.05) is 18.0 Å². The van der Waals surface area contributed by atoms with Gasteiger partial charge in [0.05, 0.1) is 11.3 Å². The molecular weight excluding hydrogens is 236 g/mol. The van der Waals surface area contributed by atoms with Crippen LogP contribution in [0.1, 0.15) is 24.8 Å². The Hall–Kier alpha value is -1.67. The molecule has 1 aliphatic heterocycles. The summed E-state index contributed by atoms with van der Waals surface area (Å²) in [5.74, 6) is -1.26. The topological polar surface area (TPSA) is 53.0 Å². The number of hydrogen-bond donors (Lipinski definition) is 1. The third-order valence-corrected chi connectivity index (χ3v) is 3.21. The van der Waals surface area contributed by atoms with E-state index in [-0.39, 0.29) is 17.3 Å². The van der Waals surface area contributed by atoms with Crippen molar-refractivity contribution in [1.29, 1.82) is 5.26 Å². The van der Waals surface area contributed by atoms with Gasteiger partial charge in [0.1, 0.15) is 17.7 Å². The zero-order chi connectivity index (χ0) is 13.1. The van der Waals surface area contributed by atoms with Crippen LogP contribution < -0.4 is 10.6 Å². The maximum atomic E-state index is 13.9. The molecule has 1 aliphatic rings. The van der Waals surface area contributed by atoms with Gasteiger partial charge in [-0.25, -0.2) is 8.78 Å². The van der Waals surface area contributed by atoms with Gasteiger partial charge < -0.3 is 10.6 Å². The molecule has 0 aliphatic carbocycles. The Labute approximate surface area is 105 Å². The lowest BCUT2D eigenvalue weighted by molar-refractivity contribution is 0.583. The fourth-order valence-corrected chi connectivity index (χ4v) is 2.26. The molecule has 96 valence electrons. The third kappa shape index (κ3) is 2.59. The van der Waals surface area contributed by atoms with E-state index in [1.165, 1.54) is 0 Å². The van der Waals surface area contributed by atoms with E-state index in [0.29, 0.717) is 13.1 Å². The molecule has 1 aromatic rings. The van der Waals surface area contributed by atoms with Crippen molar-refractivity contribution >= 4 is 5.69 Å². The highest BCUT2D eigenvalue weighted by Gasteiger charge is 2.20. The Bertz CT molecular complexity index is 482. The summed E-state index contributed by atoms with van der Waals surface area (Å²) in [6.07, 6.45) is 2.81. The van der Waals surface area contributed by atoms with E-state index < -0.39 is 11.6 Å². The van der Waals surface area contributed by atoms with E-state index >= 15 is 0 Å². The molecule has 0 spiro atoms. The zero-order valence-electron chi connectivity index (χ0n) is 10.00. The van der Waals surface area contributed by atoms with Gasteiger partial charge in [0, 0.05) is 25.2 Å². The highest BCUT2D eigenvalue weighted by molar-refractivity contribution is 5.52. The first-order chi connectivity index (χ1) is 8.61. The molecule has 2 N–H and O–H groups in total. The number of anilines is 1. The Morgan fingerprint density at radius 2 is 2.06 bits per heavy atom. The fraction of sp³-hybridized carbons (Fsp3) is 0.462. The summed E-state index contributed by atoms with van der Waals surface area (Å²) in [5.41, 5.74) is 5.83.